The van der Waals surface area contributed by atoms with Gasteiger partial charge in [-0.2, -0.15) is 15.0 Å². The third-order valence-electron chi connectivity index (χ3n) is 7.53. The van der Waals surface area contributed by atoms with Gasteiger partial charge in [0.15, 0.2) is 5.82 Å². The number of nitrogens with zero attached hydrogens (tertiary/aromatic N) is 6. The molecule has 2 aromatic rings. The number of aromatic nitrogens is 4. The van der Waals surface area contributed by atoms with Crippen molar-refractivity contribution in [3.63, 3.8) is 0 Å². The molecule has 3 fully saturated rings. The standard InChI is InChI=1S/C25H35F2N7O2/c1-3-35-12-16-7-4-6-15(2)33(16)24-30-23(20-11-29-21(28)10-19(20)22(26)27)31-25(32-24)34-17-8-5-9-18(34)14-36-13-17/h10-11,15-18,22H,3-9,12-14H2,1-2H3,(H2,28,29). The zero-order chi connectivity index (χ0) is 25.2. The van der Waals surface area contributed by atoms with Crippen molar-refractivity contribution in [2.75, 3.05) is 42.0 Å². The van der Waals surface area contributed by atoms with E-state index in [9.17, 15) is 8.78 Å². The first kappa shape index (κ1) is 25.0. The van der Waals surface area contributed by atoms with E-state index in [-0.39, 0.29) is 46.9 Å². The molecule has 0 radical (unpaired) electrons. The summed E-state index contributed by atoms with van der Waals surface area (Å²) in [5.74, 6) is 1.23. The van der Waals surface area contributed by atoms with Crippen molar-refractivity contribution in [2.45, 2.75) is 83.0 Å². The minimum absolute atomic E-state index is 0.0349. The smallest absolute Gasteiger partial charge is 0.264 e. The Kier molecular flexibility index (Phi) is 7.47. The Morgan fingerprint density at radius 3 is 2.44 bits per heavy atom. The van der Waals surface area contributed by atoms with Crippen LogP contribution >= 0.6 is 0 Å². The van der Waals surface area contributed by atoms with Crippen LogP contribution in [0.2, 0.25) is 0 Å². The Labute approximate surface area is 210 Å². The van der Waals surface area contributed by atoms with Gasteiger partial charge in [0.1, 0.15) is 5.82 Å². The average molecular weight is 504 g/mol. The van der Waals surface area contributed by atoms with E-state index in [1.807, 2.05) is 6.92 Å². The van der Waals surface area contributed by atoms with Crippen molar-refractivity contribution in [3.05, 3.63) is 17.8 Å². The molecule has 0 aliphatic carbocycles. The monoisotopic (exact) mass is 503 g/mol. The van der Waals surface area contributed by atoms with Gasteiger partial charge in [0.2, 0.25) is 11.9 Å². The third-order valence-corrected chi connectivity index (χ3v) is 7.53. The van der Waals surface area contributed by atoms with Crippen LogP contribution in [0, 0.1) is 0 Å². The average Bonchev–Trinajstić information content (AvgIpc) is 2.86. The van der Waals surface area contributed by atoms with Crippen LogP contribution in [0.4, 0.5) is 26.5 Å². The number of anilines is 3. The number of pyridine rings is 1. The van der Waals surface area contributed by atoms with Crippen LogP contribution in [0.5, 0.6) is 0 Å². The summed E-state index contributed by atoms with van der Waals surface area (Å²) in [4.78, 5) is 23.0. The van der Waals surface area contributed by atoms with Crippen LogP contribution < -0.4 is 15.5 Å². The molecule has 0 amide bonds. The van der Waals surface area contributed by atoms with Crippen molar-refractivity contribution in [1.82, 2.24) is 19.9 Å². The number of hydrogen-bond donors (Lipinski definition) is 1. The number of ether oxygens (including phenoxy) is 2. The van der Waals surface area contributed by atoms with Crippen LogP contribution in [0.1, 0.15) is 64.4 Å². The summed E-state index contributed by atoms with van der Waals surface area (Å²) in [7, 11) is 0. The number of alkyl halides is 2. The normalized spacial score (nSPS) is 26.5. The molecule has 2 aromatic heterocycles. The number of rotatable bonds is 7. The molecule has 11 heteroatoms. The molecule has 5 rings (SSSR count). The molecule has 5 heterocycles. The summed E-state index contributed by atoms with van der Waals surface area (Å²) in [6.07, 6.45) is 4.72. The predicted molar refractivity (Wildman–Crippen MR) is 133 cm³/mol. The number of nitrogens with two attached hydrogens (primary N) is 1. The molecule has 36 heavy (non-hydrogen) atoms. The van der Waals surface area contributed by atoms with Crippen LogP contribution in [-0.4, -0.2) is 70.5 Å². The molecule has 2 N–H and O–H groups in total. The first-order valence-electron chi connectivity index (χ1n) is 13.0. The van der Waals surface area contributed by atoms with E-state index in [0.717, 1.165) is 38.5 Å². The fourth-order valence-corrected chi connectivity index (χ4v) is 5.78. The van der Waals surface area contributed by atoms with Gasteiger partial charge >= 0.3 is 0 Å². The van der Waals surface area contributed by atoms with E-state index >= 15 is 0 Å². The lowest BCUT2D eigenvalue weighted by Gasteiger charge is -2.46. The zero-order valence-electron chi connectivity index (χ0n) is 20.9. The van der Waals surface area contributed by atoms with E-state index < -0.39 is 6.43 Å². The molecule has 2 bridgehead atoms. The van der Waals surface area contributed by atoms with E-state index in [1.165, 1.54) is 12.3 Å². The quantitative estimate of drug-likeness (QED) is 0.601. The SMILES string of the molecule is CCOCC1CCCC(C)N1c1nc(-c2cnc(N)cc2C(F)F)nc(N2C3CCCC2COC3)n1. The van der Waals surface area contributed by atoms with Gasteiger partial charge in [-0.25, -0.2) is 13.8 Å². The first-order valence-corrected chi connectivity index (χ1v) is 13.0. The van der Waals surface area contributed by atoms with Gasteiger partial charge in [-0.15, -0.1) is 0 Å². The topological polar surface area (TPSA) is 103 Å². The maximum absolute atomic E-state index is 14.0. The van der Waals surface area contributed by atoms with Gasteiger partial charge in [-0.3, -0.25) is 0 Å². The Hall–Kier alpha value is -2.66. The van der Waals surface area contributed by atoms with Crippen molar-refractivity contribution in [3.8, 4) is 11.4 Å². The number of morpholine rings is 1. The molecule has 196 valence electrons. The highest BCUT2D eigenvalue weighted by atomic mass is 19.3. The summed E-state index contributed by atoms with van der Waals surface area (Å²) in [6.45, 7) is 6.52. The van der Waals surface area contributed by atoms with E-state index in [0.29, 0.717) is 38.3 Å². The number of fused-ring (bicyclic) bond motifs is 2. The predicted octanol–water partition coefficient (Wildman–Crippen LogP) is 4.00. The molecule has 0 saturated carbocycles. The molecule has 3 aliphatic heterocycles. The highest BCUT2D eigenvalue weighted by Gasteiger charge is 2.38. The molecule has 3 saturated heterocycles. The fraction of sp³-hybridized carbons (Fsp3) is 0.680. The molecule has 3 aliphatic rings. The first-order chi connectivity index (χ1) is 17.5. The number of nitrogen functional groups attached to an aromatic ring is 1. The van der Waals surface area contributed by atoms with Gasteiger partial charge in [0, 0.05) is 30.0 Å². The van der Waals surface area contributed by atoms with E-state index in [1.54, 1.807) is 0 Å². The molecular formula is C25H35F2N7O2. The number of piperidine rings is 2. The van der Waals surface area contributed by atoms with Crippen LogP contribution in [0.3, 0.4) is 0 Å². The lowest BCUT2D eigenvalue weighted by atomic mass is 9.95. The minimum atomic E-state index is -2.74. The minimum Gasteiger partial charge on any atom is -0.384 e. The molecular weight excluding hydrogens is 468 g/mol. The largest absolute Gasteiger partial charge is 0.384 e. The molecule has 4 atom stereocenters. The van der Waals surface area contributed by atoms with Crippen molar-refractivity contribution >= 4 is 17.7 Å². The van der Waals surface area contributed by atoms with E-state index in [2.05, 4.69) is 21.7 Å². The Morgan fingerprint density at radius 2 is 1.75 bits per heavy atom. The number of halogens is 2. The van der Waals surface area contributed by atoms with Gasteiger partial charge in [0.25, 0.3) is 6.43 Å². The van der Waals surface area contributed by atoms with Crippen LogP contribution in [0.25, 0.3) is 11.4 Å². The van der Waals surface area contributed by atoms with Crippen molar-refractivity contribution in [2.24, 2.45) is 0 Å². The second-order valence-electron chi connectivity index (χ2n) is 9.94. The Bertz CT molecular complexity index is 1040. The summed E-state index contributed by atoms with van der Waals surface area (Å²) in [5, 5.41) is 0. The Balaban J connectivity index is 1.64. The lowest BCUT2D eigenvalue weighted by molar-refractivity contribution is 0.0452. The summed E-state index contributed by atoms with van der Waals surface area (Å²) >= 11 is 0. The van der Waals surface area contributed by atoms with Crippen molar-refractivity contribution < 1.29 is 18.3 Å². The van der Waals surface area contributed by atoms with E-state index in [4.69, 9.17) is 30.2 Å². The maximum Gasteiger partial charge on any atom is 0.264 e. The zero-order valence-corrected chi connectivity index (χ0v) is 20.9. The summed E-state index contributed by atoms with van der Waals surface area (Å²) in [5.41, 5.74) is 5.68. The van der Waals surface area contributed by atoms with Gasteiger partial charge in [-0.1, -0.05) is 0 Å². The maximum atomic E-state index is 14.0. The van der Waals surface area contributed by atoms with Gasteiger partial charge in [0.05, 0.1) is 37.9 Å². The summed E-state index contributed by atoms with van der Waals surface area (Å²) in [6, 6.07) is 1.78. The van der Waals surface area contributed by atoms with Crippen molar-refractivity contribution in [1.29, 1.82) is 0 Å². The highest BCUT2D eigenvalue weighted by Crippen LogP contribution is 2.36. The second kappa shape index (κ2) is 10.8. The Morgan fingerprint density at radius 1 is 1.06 bits per heavy atom. The lowest BCUT2D eigenvalue weighted by Crippen LogP contribution is -2.56. The molecule has 9 nitrogen and oxygen atoms in total. The third kappa shape index (κ3) is 4.95. The molecule has 0 spiro atoms. The molecule has 4 unspecified atom stereocenters. The molecule has 0 aromatic carbocycles. The second-order valence-corrected chi connectivity index (χ2v) is 9.94. The fourth-order valence-electron chi connectivity index (χ4n) is 5.78. The van der Waals surface area contributed by atoms with Gasteiger partial charge in [-0.05, 0) is 58.4 Å². The highest BCUT2D eigenvalue weighted by molar-refractivity contribution is 5.64. The van der Waals surface area contributed by atoms with Crippen LogP contribution in [-0.2, 0) is 9.47 Å². The summed E-state index contributed by atoms with van der Waals surface area (Å²) < 4.78 is 39.7. The van der Waals surface area contributed by atoms with Gasteiger partial charge < -0.3 is 25.0 Å². The number of hydrogen-bond acceptors (Lipinski definition) is 9. The van der Waals surface area contributed by atoms with Crippen LogP contribution in [0.15, 0.2) is 12.3 Å².